The summed E-state index contributed by atoms with van der Waals surface area (Å²) in [6.07, 6.45) is 2.29. The molecule has 0 aliphatic rings. The van der Waals surface area contributed by atoms with Gasteiger partial charge < -0.3 is 9.73 Å². The first kappa shape index (κ1) is 10.9. The predicted molar refractivity (Wildman–Crippen MR) is 62.3 cm³/mol. The van der Waals surface area contributed by atoms with Crippen LogP contribution >= 0.6 is 15.9 Å². The molecule has 2 aromatic rings. The molecule has 2 aromatic heterocycles. The van der Waals surface area contributed by atoms with Crippen LogP contribution in [0.3, 0.4) is 0 Å². The number of carbonyl (C=O) groups is 1. The summed E-state index contributed by atoms with van der Waals surface area (Å²) < 4.78 is 5.39. The molecule has 0 aliphatic carbocycles. The van der Waals surface area contributed by atoms with E-state index in [2.05, 4.69) is 31.4 Å². The molecule has 0 aromatic carbocycles. The van der Waals surface area contributed by atoms with Crippen molar-refractivity contribution in [3.63, 3.8) is 0 Å². The monoisotopic (exact) mass is 283 g/mol. The highest BCUT2D eigenvalue weighted by Gasteiger charge is 2.13. The van der Waals surface area contributed by atoms with Crippen molar-refractivity contribution in [2.24, 2.45) is 0 Å². The van der Waals surface area contributed by atoms with Crippen molar-refractivity contribution < 1.29 is 9.21 Å². The fraction of sp³-hybridized carbons (Fsp3) is 0.200. The van der Waals surface area contributed by atoms with Gasteiger partial charge in [0.1, 0.15) is 0 Å². The maximum Gasteiger partial charge on any atom is 0.261 e. The Bertz CT molecular complexity index is 504. The van der Waals surface area contributed by atoms with Gasteiger partial charge in [0.2, 0.25) is 0 Å². The second-order valence-electron chi connectivity index (χ2n) is 3.19. The van der Waals surface area contributed by atoms with E-state index in [1.807, 2.05) is 6.92 Å². The zero-order valence-electron chi connectivity index (χ0n) is 8.58. The molecule has 0 saturated carbocycles. The van der Waals surface area contributed by atoms with Gasteiger partial charge in [-0.15, -0.1) is 0 Å². The molecule has 16 heavy (non-hydrogen) atoms. The lowest BCUT2D eigenvalue weighted by molar-refractivity contribution is 0.102. The number of H-pyrrole nitrogens is 1. The van der Waals surface area contributed by atoms with Gasteiger partial charge in [0.25, 0.3) is 5.91 Å². The Kier molecular flexibility index (Phi) is 3.09. The molecular weight excluding hydrogens is 274 g/mol. The largest absolute Gasteiger partial charge is 0.457 e. The predicted octanol–water partition coefficient (Wildman–Crippen LogP) is 2.58. The molecule has 0 unspecified atom stereocenters. The third-order valence-electron chi connectivity index (χ3n) is 2.12. The van der Waals surface area contributed by atoms with Crippen molar-refractivity contribution in [1.82, 2.24) is 10.2 Å². The van der Waals surface area contributed by atoms with E-state index in [9.17, 15) is 4.79 Å². The Labute approximate surface area is 100 Å². The zero-order chi connectivity index (χ0) is 11.5. The van der Waals surface area contributed by atoms with E-state index < -0.39 is 0 Å². The highest BCUT2D eigenvalue weighted by atomic mass is 79.9. The summed E-state index contributed by atoms with van der Waals surface area (Å²) in [6, 6.07) is 3.39. The van der Waals surface area contributed by atoms with Crippen LogP contribution in [0.15, 0.2) is 27.5 Å². The number of amides is 1. The van der Waals surface area contributed by atoms with Gasteiger partial charge in [-0.1, -0.05) is 6.92 Å². The molecule has 0 spiro atoms. The van der Waals surface area contributed by atoms with Crippen LogP contribution in [0.1, 0.15) is 23.0 Å². The third-order valence-corrected chi connectivity index (χ3v) is 2.73. The van der Waals surface area contributed by atoms with Gasteiger partial charge in [-0.2, -0.15) is 5.10 Å². The number of aromatic nitrogens is 2. The summed E-state index contributed by atoms with van der Waals surface area (Å²) in [6.45, 7) is 2.01. The lowest BCUT2D eigenvalue weighted by atomic mass is 10.3. The Morgan fingerprint density at radius 3 is 3.06 bits per heavy atom. The molecule has 0 fully saturated rings. The number of halogens is 1. The highest BCUT2D eigenvalue weighted by Crippen LogP contribution is 2.18. The summed E-state index contributed by atoms with van der Waals surface area (Å²) in [7, 11) is 0. The van der Waals surface area contributed by atoms with Crippen LogP contribution in [0.2, 0.25) is 0 Å². The average Bonchev–Trinajstić information content (AvgIpc) is 2.86. The minimum atomic E-state index is -0.255. The minimum Gasteiger partial charge on any atom is -0.457 e. The van der Waals surface area contributed by atoms with Crippen molar-refractivity contribution >= 4 is 27.7 Å². The first-order valence-electron chi connectivity index (χ1n) is 4.79. The quantitative estimate of drug-likeness (QED) is 0.910. The van der Waals surface area contributed by atoms with E-state index in [-0.39, 0.29) is 5.91 Å². The number of nitrogens with zero attached hydrogens (tertiary/aromatic N) is 1. The molecule has 0 saturated heterocycles. The number of anilines is 1. The Morgan fingerprint density at radius 2 is 2.50 bits per heavy atom. The zero-order valence-corrected chi connectivity index (χ0v) is 10.2. The molecule has 2 N–H and O–H groups in total. The van der Waals surface area contributed by atoms with Gasteiger partial charge in [0, 0.05) is 11.8 Å². The van der Waals surface area contributed by atoms with Gasteiger partial charge in [0.15, 0.2) is 10.5 Å². The van der Waals surface area contributed by atoms with Crippen LogP contribution in [-0.2, 0) is 6.42 Å². The molecule has 2 rings (SSSR count). The fourth-order valence-corrected chi connectivity index (χ4v) is 1.67. The number of carbonyl (C=O) groups excluding carboxylic acids is 1. The van der Waals surface area contributed by atoms with E-state index in [1.54, 1.807) is 12.1 Å². The van der Waals surface area contributed by atoms with E-state index in [0.29, 0.717) is 16.1 Å². The molecular formula is C10H10BrN3O2. The Morgan fingerprint density at radius 1 is 1.69 bits per heavy atom. The normalized spacial score (nSPS) is 10.4. The van der Waals surface area contributed by atoms with E-state index in [4.69, 9.17) is 4.42 Å². The van der Waals surface area contributed by atoms with Crippen LogP contribution < -0.4 is 5.32 Å². The number of rotatable bonds is 3. The van der Waals surface area contributed by atoms with Gasteiger partial charge in [0.05, 0.1) is 11.8 Å². The van der Waals surface area contributed by atoms with Crippen LogP contribution in [0.25, 0.3) is 0 Å². The number of aryl methyl sites for hydroxylation is 1. The van der Waals surface area contributed by atoms with Crippen LogP contribution in [0.4, 0.5) is 5.82 Å². The van der Waals surface area contributed by atoms with Crippen LogP contribution in [-0.4, -0.2) is 16.1 Å². The molecule has 0 atom stereocenters. The van der Waals surface area contributed by atoms with Crippen molar-refractivity contribution in [2.45, 2.75) is 13.3 Å². The lowest BCUT2D eigenvalue weighted by Crippen LogP contribution is -2.11. The fourth-order valence-electron chi connectivity index (χ4n) is 1.25. The molecule has 6 heteroatoms. The van der Waals surface area contributed by atoms with Crippen molar-refractivity contribution in [3.8, 4) is 0 Å². The number of hydrogen-bond donors (Lipinski definition) is 2. The van der Waals surface area contributed by atoms with Crippen molar-refractivity contribution in [3.05, 3.63) is 34.3 Å². The first-order chi connectivity index (χ1) is 7.70. The second-order valence-corrected chi connectivity index (χ2v) is 3.91. The van der Waals surface area contributed by atoms with Gasteiger partial charge in [-0.05, 0) is 28.4 Å². The van der Waals surface area contributed by atoms with Crippen LogP contribution in [0, 0.1) is 0 Å². The van der Waals surface area contributed by atoms with Crippen molar-refractivity contribution in [2.75, 3.05) is 5.32 Å². The van der Waals surface area contributed by atoms with Crippen molar-refractivity contribution in [1.29, 1.82) is 0 Å². The number of aromatic amines is 1. The first-order valence-corrected chi connectivity index (χ1v) is 5.58. The van der Waals surface area contributed by atoms with E-state index in [0.717, 1.165) is 12.1 Å². The molecule has 0 bridgehead atoms. The summed E-state index contributed by atoms with van der Waals surface area (Å²) in [4.78, 5) is 11.7. The Hall–Kier alpha value is -1.56. The third kappa shape index (κ3) is 2.16. The maximum atomic E-state index is 11.7. The SMILES string of the molecule is CCc1cc(NC(=O)c2ccoc2Br)n[nH]1. The number of nitrogens with one attached hydrogen (secondary N) is 2. The molecule has 1 amide bonds. The summed E-state index contributed by atoms with van der Waals surface area (Å²) in [5, 5.41) is 9.45. The Balaban J connectivity index is 2.11. The summed E-state index contributed by atoms with van der Waals surface area (Å²) >= 11 is 3.14. The van der Waals surface area contributed by atoms with E-state index in [1.165, 1.54) is 6.26 Å². The topological polar surface area (TPSA) is 70.9 Å². The van der Waals surface area contributed by atoms with Gasteiger partial charge >= 0.3 is 0 Å². The van der Waals surface area contributed by atoms with E-state index >= 15 is 0 Å². The molecule has 84 valence electrons. The second kappa shape index (κ2) is 4.52. The molecule has 5 nitrogen and oxygen atoms in total. The minimum absolute atomic E-state index is 0.255. The van der Waals surface area contributed by atoms with Crippen LogP contribution in [0.5, 0.6) is 0 Å². The van der Waals surface area contributed by atoms with Gasteiger partial charge in [-0.25, -0.2) is 0 Å². The smallest absolute Gasteiger partial charge is 0.261 e. The molecule has 2 heterocycles. The molecule has 0 radical (unpaired) electrons. The summed E-state index contributed by atoms with van der Waals surface area (Å²) in [5.41, 5.74) is 1.42. The summed E-state index contributed by atoms with van der Waals surface area (Å²) in [5.74, 6) is 0.254. The average molecular weight is 284 g/mol. The number of hydrogen-bond acceptors (Lipinski definition) is 3. The van der Waals surface area contributed by atoms with Gasteiger partial charge in [-0.3, -0.25) is 9.89 Å². The number of furan rings is 1. The molecule has 0 aliphatic heterocycles. The lowest BCUT2D eigenvalue weighted by Gasteiger charge is -1.98. The maximum absolute atomic E-state index is 11.7. The standard InChI is InChI=1S/C10H10BrN3O2/c1-2-6-5-8(14-13-6)12-10(15)7-3-4-16-9(7)11/h3-5H,2H2,1H3,(H2,12,13,14,15). The highest BCUT2D eigenvalue weighted by molar-refractivity contribution is 9.10.